The Bertz CT molecular complexity index is 747. The molecule has 0 spiro atoms. The van der Waals surface area contributed by atoms with Gasteiger partial charge >= 0.3 is 0 Å². The summed E-state index contributed by atoms with van der Waals surface area (Å²) in [5, 5.41) is 2.00. The number of fused-ring (bicyclic) bond motifs is 1. The van der Waals surface area contributed by atoms with E-state index in [1.807, 2.05) is 34.2 Å². The van der Waals surface area contributed by atoms with Gasteiger partial charge in [-0.25, -0.2) is 0 Å². The van der Waals surface area contributed by atoms with Crippen molar-refractivity contribution in [3.63, 3.8) is 0 Å². The average molecular weight is 301 g/mol. The van der Waals surface area contributed by atoms with Crippen molar-refractivity contribution >= 4 is 16.3 Å². The van der Waals surface area contributed by atoms with Crippen LogP contribution >= 0.6 is 11.3 Å². The van der Waals surface area contributed by atoms with E-state index < -0.39 is 0 Å². The predicted molar refractivity (Wildman–Crippen MR) is 86.2 cm³/mol. The van der Waals surface area contributed by atoms with Crippen LogP contribution in [0.25, 0.3) is 4.96 Å². The maximum atomic E-state index is 6.09. The first-order chi connectivity index (χ1) is 10.2. The van der Waals surface area contributed by atoms with Crippen molar-refractivity contribution in [2.45, 2.75) is 32.7 Å². The molecule has 0 aliphatic carbocycles. The molecule has 1 unspecified atom stereocenters. The van der Waals surface area contributed by atoms with Crippen molar-refractivity contribution in [1.29, 1.82) is 0 Å². The molecule has 0 aliphatic rings. The fraction of sp³-hybridized carbons (Fsp3) is 0.312. The van der Waals surface area contributed by atoms with Gasteiger partial charge in [0.05, 0.1) is 0 Å². The Morgan fingerprint density at radius 2 is 2.19 bits per heavy atom. The Morgan fingerprint density at radius 3 is 2.95 bits per heavy atom. The molecule has 0 bridgehead atoms. The molecule has 0 saturated carbocycles. The Kier molecular flexibility index (Phi) is 3.94. The van der Waals surface area contributed by atoms with Crippen LogP contribution in [0, 0.1) is 0 Å². The van der Waals surface area contributed by atoms with Gasteiger partial charge in [0, 0.05) is 18.1 Å². The summed E-state index contributed by atoms with van der Waals surface area (Å²) in [6, 6.07) is 8.14. The van der Waals surface area contributed by atoms with Gasteiger partial charge in [0.2, 0.25) is 5.88 Å². The average Bonchev–Trinajstić information content (AvgIpc) is 3.07. The summed E-state index contributed by atoms with van der Waals surface area (Å²) in [7, 11) is 0. The molecular formula is C16H19N3OS. The molecule has 21 heavy (non-hydrogen) atoms. The third-order valence-electron chi connectivity index (χ3n) is 3.79. The van der Waals surface area contributed by atoms with Crippen LogP contribution in [0.15, 0.2) is 35.8 Å². The maximum absolute atomic E-state index is 6.09. The number of rotatable bonds is 5. The van der Waals surface area contributed by atoms with E-state index in [-0.39, 0.29) is 0 Å². The van der Waals surface area contributed by atoms with Gasteiger partial charge < -0.3 is 10.5 Å². The smallest absolute Gasteiger partial charge is 0.243 e. The van der Waals surface area contributed by atoms with E-state index in [0.29, 0.717) is 18.3 Å². The van der Waals surface area contributed by atoms with Crippen LogP contribution in [0.4, 0.5) is 0 Å². The maximum Gasteiger partial charge on any atom is 0.243 e. The molecule has 0 fully saturated rings. The molecule has 2 heterocycles. The SMILES string of the molecule is CCC(C)c1ccccc1Oc1nc2sccn2c1CN. The number of ether oxygens (including phenoxy) is 1. The highest BCUT2D eigenvalue weighted by molar-refractivity contribution is 7.15. The standard InChI is InChI=1S/C16H19N3OS/c1-3-11(2)12-6-4-5-7-14(12)20-15-13(10-17)19-8-9-21-16(19)18-15/h4-9,11H,3,10,17H2,1-2H3. The van der Waals surface area contributed by atoms with Crippen molar-refractivity contribution in [3.05, 3.63) is 47.1 Å². The van der Waals surface area contributed by atoms with Crippen molar-refractivity contribution in [2.75, 3.05) is 0 Å². The van der Waals surface area contributed by atoms with Gasteiger partial charge in [0.1, 0.15) is 11.4 Å². The van der Waals surface area contributed by atoms with Crippen LogP contribution in [-0.2, 0) is 6.54 Å². The lowest BCUT2D eigenvalue weighted by Crippen LogP contribution is -2.03. The normalized spacial score (nSPS) is 12.7. The molecular weight excluding hydrogens is 282 g/mol. The van der Waals surface area contributed by atoms with E-state index in [9.17, 15) is 0 Å². The molecule has 4 nitrogen and oxygen atoms in total. The van der Waals surface area contributed by atoms with Crippen LogP contribution in [0.1, 0.15) is 37.4 Å². The summed E-state index contributed by atoms with van der Waals surface area (Å²) in [4.78, 5) is 5.45. The molecule has 1 atom stereocenters. The zero-order valence-electron chi connectivity index (χ0n) is 12.2. The first-order valence-corrected chi connectivity index (χ1v) is 8.03. The van der Waals surface area contributed by atoms with Gasteiger partial charge in [0.25, 0.3) is 0 Å². The molecule has 1 aromatic carbocycles. The van der Waals surface area contributed by atoms with Crippen molar-refractivity contribution in [2.24, 2.45) is 5.73 Å². The van der Waals surface area contributed by atoms with Crippen LogP contribution in [0.3, 0.4) is 0 Å². The summed E-state index contributed by atoms with van der Waals surface area (Å²) in [6.07, 6.45) is 3.05. The quantitative estimate of drug-likeness (QED) is 0.770. The molecule has 2 N–H and O–H groups in total. The molecule has 0 saturated heterocycles. The van der Waals surface area contributed by atoms with E-state index in [1.54, 1.807) is 11.3 Å². The zero-order chi connectivity index (χ0) is 14.8. The monoisotopic (exact) mass is 301 g/mol. The number of hydrogen-bond acceptors (Lipinski definition) is 4. The molecule has 3 aromatic rings. The fourth-order valence-electron chi connectivity index (χ4n) is 2.38. The van der Waals surface area contributed by atoms with E-state index in [1.165, 1.54) is 5.56 Å². The first kappa shape index (κ1) is 14.1. The number of imidazole rings is 1. The molecule has 3 rings (SSSR count). The topological polar surface area (TPSA) is 52.5 Å². The highest BCUT2D eigenvalue weighted by Crippen LogP contribution is 2.33. The van der Waals surface area contributed by atoms with Crippen LogP contribution < -0.4 is 10.5 Å². The number of para-hydroxylation sites is 1. The highest BCUT2D eigenvalue weighted by atomic mass is 32.1. The van der Waals surface area contributed by atoms with Gasteiger partial charge in [-0.1, -0.05) is 32.0 Å². The third kappa shape index (κ3) is 2.54. The van der Waals surface area contributed by atoms with Gasteiger partial charge in [-0.05, 0) is 24.0 Å². The lowest BCUT2D eigenvalue weighted by atomic mass is 9.98. The van der Waals surface area contributed by atoms with Crippen LogP contribution in [-0.4, -0.2) is 9.38 Å². The fourth-order valence-corrected chi connectivity index (χ4v) is 3.11. The molecule has 0 amide bonds. The first-order valence-electron chi connectivity index (χ1n) is 7.15. The minimum atomic E-state index is 0.402. The summed E-state index contributed by atoms with van der Waals surface area (Å²) in [5.41, 5.74) is 7.98. The van der Waals surface area contributed by atoms with Crippen LogP contribution in [0.2, 0.25) is 0 Å². The number of thiazole rings is 1. The number of aromatic nitrogens is 2. The molecule has 2 aromatic heterocycles. The predicted octanol–water partition coefficient (Wildman–Crippen LogP) is 4.16. The van der Waals surface area contributed by atoms with E-state index in [2.05, 4.69) is 24.9 Å². The number of hydrogen-bond donors (Lipinski definition) is 1. The Balaban J connectivity index is 2.00. The number of benzene rings is 1. The van der Waals surface area contributed by atoms with E-state index in [0.717, 1.165) is 22.8 Å². The molecule has 0 radical (unpaired) electrons. The lowest BCUT2D eigenvalue weighted by Gasteiger charge is -2.14. The lowest BCUT2D eigenvalue weighted by molar-refractivity contribution is 0.449. The molecule has 0 aliphatic heterocycles. The number of nitrogens with zero attached hydrogens (tertiary/aromatic N) is 2. The van der Waals surface area contributed by atoms with Gasteiger partial charge in [-0.2, -0.15) is 4.98 Å². The van der Waals surface area contributed by atoms with Gasteiger partial charge in [-0.3, -0.25) is 4.40 Å². The zero-order valence-corrected chi connectivity index (χ0v) is 13.1. The molecule has 110 valence electrons. The Labute approximate surface area is 128 Å². The second-order valence-corrected chi connectivity index (χ2v) is 5.95. The summed E-state index contributed by atoms with van der Waals surface area (Å²) in [6.45, 7) is 4.79. The van der Waals surface area contributed by atoms with Crippen molar-refractivity contribution in [1.82, 2.24) is 9.38 Å². The van der Waals surface area contributed by atoms with Gasteiger partial charge in [0.15, 0.2) is 4.96 Å². The Hall–Kier alpha value is -1.85. The Morgan fingerprint density at radius 1 is 1.38 bits per heavy atom. The van der Waals surface area contributed by atoms with Crippen molar-refractivity contribution < 1.29 is 4.74 Å². The van der Waals surface area contributed by atoms with Gasteiger partial charge in [-0.15, -0.1) is 11.3 Å². The second kappa shape index (κ2) is 5.87. The van der Waals surface area contributed by atoms with Crippen molar-refractivity contribution in [3.8, 4) is 11.6 Å². The van der Waals surface area contributed by atoms with Crippen LogP contribution in [0.5, 0.6) is 11.6 Å². The van der Waals surface area contributed by atoms with E-state index in [4.69, 9.17) is 10.5 Å². The van der Waals surface area contributed by atoms with E-state index >= 15 is 0 Å². The minimum Gasteiger partial charge on any atom is -0.437 e. The summed E-state index contributed by atoms with van der Waals surface area (Å²) >= 11 is 1.58. The molecule has 5 heteroatoms. The third-order valence-corrected chi connectivity index (χ3v) is 4.54. The summed E-state index contributed by atoms with van der Waals surface area (Å²) < 4.78 is 8.08. The minimum absolute atomic E-state index is 0.402. The second-order valence-electron chi connectivity index (χ2n) is 5.07. The number of nitrogens with two attached hydrogens (primary N) is 1. The largest absolute Gasteiger partial charge is 0.437 e. The summed E-state index contributed by atoms with van der Waals surface area (Å²) in [5.74, 6) is 1.93. The highest BCUT2D eigenvalue weighted by Gasteiger charge is 2.16.